The first-order valence-electron chi connectivity index (χ1n) is 7.13. The quantitative estimate of drug-likeness (QED) is 0.319. The van der Waals surface area contributed by atoms with Gasteiger partial charge >= 0.3 is 0 Å². The van der Waals surface area contributed by atoms with Crippen LogP contribution in [0.1, 0.15) is 52.4 Å². The Labute approximate surface area is 113 Å². The van der Waals surface area contributed by atoms with E-state index in [0.29, 0.717) is 0 Å². The molecule has 0 bridgehead atoms. The second-order valence-electron chi connectivity index (χ2n) is 4.15. The summed E-state index contributed by atoms with van der Waals surface area (Å²) in [5, 5.41) is 0. The van der Waals surface area contributed by atoms with Gasteiger partial charge < -0.3 is 0 Å². The molecule has 0 aromatic heterocycles. The molecule has 0 nitrogen and oxygen atoms in total. The summed E-state index contributed by atoms with van der Waals surface area (Å²) in [4.78, 5) is 0. The van der Waals surface area contributed by atoms with Crippen molar-refractivity contribution in [3.63, 3.8) is 0 Å². The summed E-state index contributed by atoms with van der Waals surface area (Å²) in [7, 11) is 0. The fourth-order valence-corrected chi connectivity index (χ4v) is 1.46. The molecule has 0 unspecified atom stereocenters. The van der Waals surface area contributed by atoms with Crippen LogP contribution in [0.2, 0.25) is 0 Å². The van der Waals surface area contributed by atoms with Gasteiger partial charge in [-0.05, 0) is 45.4 Å². The van der Waals surface area contributed by atoms with E-state index in [4.69, 9.17) is 0 Å². The normalized spacial score (nSPS) is 13.2. The molecule has 18 heavy (non-hydrogen) atoms. The highest BCUT2D eigenvalue weighted by molar-refractivity contribution is 4.99. The Balaban J connectivity index is 3.40. The van der Waals surface area contributed by atoms with Gasteiger partial charge in [0.2, 0.25) is 0 Å². The number of hydrogen-bond acceptors (Lipinski definition) is 0. The lowest BCUT2D eigenvalue weighted by atomic mass is 10.2. The molecule has 0 aliphatic carbocycles. The Morgan fingerprint density at radius 2 is 1.00 bits per heavy atom. The van der Waals surface area contributed by atoms with Crippen molar-refractivity contribution < 1.29 is 0 Å². The van der Waals surface area contributed by atoms with Gasteiger partial charge in [-0.2, -0.15) is 0 Å². The van der Waals surface area contributed by atoms with E-state index in [2.05, 4.69) is 74.6 Å². The maximum absolute atomic E-state index is 2.26. The van der Waals surface area contributed by atoms with Gasteiger partial charge in [-0.3, -0.25) is 0 Å². The fourth-order valence-electron chi connectivity index (χ4n) is 1.46. The van der Waals surface area contributed by atoms with Crippen LogP contribution in [0.25, 0.3) is 0 Å². The molecule has 0 spiro atoms. The molecule has 0 aromatic carbocycles. The maximum Gasteiger partial charge on any atom is -0.0169 e. The first kappa shape index (κ1) is 16.7. The zero-order chi connectivity index (χ0) is 13.3. The summed E-state index contributed by atoms with van der Waals surface area (Å²) < 4.78 is 0. The van der Waals surface area contributed by atoms with Gasteiger partial charge in [-0.25, -0.2) is 0 Å². The van der Waals surface area contributed by atoms with E-state index in [1.165, 1.54) is 0 Å². The third-order valence-corrected chi connectivity index (χ3v) is 2.45. The zero-order valence-electron chi connectivity index (χ0n) is 12.0. The predicted octanol–water partition coefficient (Wildman–Crippen LogP) is 6.15. The molecule has 0 atom stereocenters. The number of rotatable bonds is 10. The van der Waals surface area contributed by atoms with Gasteiger partial charge in [0.05, 0.1) is 0 Å². The van der Waals surface area contributed by atoms with Crippen LogP contribution in [0.3, 0.4) is 0 Å². The molecule has 0 aromatic rings. The monoisotopic (exact) mass is 244 g/mol. The van der Waals surface area contributed by atoms with Crippen LogP contribution in [-0.2, 0) is 0 Å². The Hall–Kier alpha value is -1.30. The van der Waals surface area contributed by atoms with E-state index in [-0.39, 0.29) is 0 Å². The highest BCUT2D eigenvalue weighted by Gasteiger charge is 1.76. The molecule has 0 saturated heterocycles. The average molecular weight is 244 g/mol. The van der Waals surface area contributed by atoms with Crippen LogP contribution in [0.15, 0.2) is 60.8 Å². The van der Waals surface area contributed by atoms with Crippen molar-refractivity contribution in [1.82, 2.24) is 0 Å². The van der Waals surface area contributed by atoms with Crippen molar-refractivity contribution in [3.8, 4) is 0 Å². The molecule has 0 heterocycles. The van der Waals surface area contributed by atoms with Gasteiger partial charge in [0.25, 0.3) is 0 Å². The van der Waals surface area contributed by atoms with E-state index in [9.17, 15) is 0 Å². The summed E-state index contributed by atoms with van der Waals surface area (Å²) in [6, 6.07) is 0. The van der Waals surface area contributed by atoms with Crippen molar-refractivity contribution in [1.29, 1.82) is 0 Å². The van der Waals surface area contributed by atoms with E-state index in [0.717, 1.165) is 38.5 Å². The number of hydrogen-bond donors (Lipinski definition) is 0. The first-order valence-corrected chi connectivity index (χ1v) is 7.13. The Kier molecular flexibility index (Phi) is 14.6. The molecule has 0 fully saturated rings. The smallest absolute Gasteiger partial charge is 0.0169 e. The minimum absolute atomic E-state index is 1.05. The van der Waals surface area contributed by atoms with Gasteiger partial charge in [0.15, 0.2) is 0 Å². The van der Waals surface area contributed by atoms with Crippen molar-refractivity contribution in [3.05, 3.63) is 60.8 Å². The van der Waals surface area contributed by atoms with Crippen molar-refractivity contribution in [2.75, 3.05) is 0 Å². The third-order valence-electron chi connectivity index (χ3n) is 2.45. The second kappa shape index (κ2) is 15.7. The molecular weight excluding hydrogens is 216 g/mol. The Morgan fingerprint density at radius 1 is 0.556 bits per heavy atom. The second-order valence-corrected chi connectivity index (χ2v) is 4.15. The van der Waals surface area contributed by atoms with Crippen LogP contribution in [0.5, 0.6) is 0 Å². The molecule has 0 saturated carbocycles. The molecule has 0 aliphatic heterocycles. The highest BCUT2D eigenvalue weighted by Crippen LogP contribution is 1.97. The number of unbranched alkanes of at least 4 members (excludes halogenated alkanes) is 1. The van der Waals surface area contributed by atoms with Crippen molar-refractivity contribution >= 4 is 0 Å². The average Bonchev–Trinajstić information content (AvgIpc) is 2.39. The van der Waals surface area contributed by atoms with Crippen LogP contribution < -0.4 is 0 Å². The van der Waals surface area contributed by atoms with Crippen LogP contribution in [0.4, 0.5) is 0 Å². The first-order chi connectivity index (χ1) is 8.91. The third kappa shape index (κ3) is 14.7. The van der Waals surface area contributed by atoms with Gasteiger partial charge in [0.1, 0.15) is 0 Å². The summed E-state index contributed by atoms with van der Waals surface area (Å²) >= 11 is 0. The molecule has 100 valence electrons. The van der Waals surface area contributed by atoms with E-state index in [1.807, 2.05) is 0 Å². The summed E-state index contributed by atoms with van der Waals surface area (Å²) in [5.74, 6) is 0. The summed E-state index contributed by atoms with van der Waals surface area (Å²) in [5.41, 5.74) is 0. The standard InChI is InChI=1S/C18H28/c1-3-5-7-9-11-13-15-17-18-16-14-12-10-8-6-4-2/h3,5-6,8,11-14,17-18H,4,7,9-10,15-16H2,1-2H3/b5-3+,8-6-,13-11-,14-12-,18-17-. The SMILES string of the molecule is C/C=C/CC/C=C\C/C=C\C/C=C\C/C=C\CC. The fraction of sp³-hybridized carbons (Fsp3) is 0.444. The minimum Gasteiger partial charge on any atom is -0.0917 e. The van der Waals surface area contributed by atoms with Crippen LogP contribution >= 0.6 is 0 Å². The lowest BCUT2D eigenvalue weighted by molar-refractivity contribution is 1.04. The maximum atomic E-state index is 2.26. The molecular formula is C18H28. The number of allylic oxidation sites excluding steroid dienone is 10. The predicted molar refractivity (Wildman–Crippen MR) is 84.8 cm³/mol. The summed E-state index contributed by atoms with van der Waals surface area (Å²) in [6.07, 6.45) is 28.8. The highest BCUT2D eigenvalue weighted by atomic mass is 13.8. The van der Waals surface area contributed by atoms with Crippen LogP contribution in [-0.4, -0.2) is 0 Å². The molecule has 0 amide bonds. The van der Waals surface area contributed by atoms with E-state index < -0.39 is 0 Å². The van der Waals surface area contributed by atoms with Gasteiger partial charge in [-0.1, -0.05) is 67.7 Å². The molecule has 0 N–H and O–H groups in total. The van der Waals surface area contributed by atoms with Gasteiger partial charge in [0, 0.05) is 0 Å². The van der Waals surface area contributed by atoms with Gasteiger partial charge in [-0.15, -0.1) is 0 Å². The van der Waals surface area contributed by atoms with Crippen molar-refractivity contribution in [2.24, 2.45) is 0 Å². The molecule has 0 heteroatoms. The molecule has 0 rings (SSSR count). The van der Waals surface area contributed by atoms with Crippen molar-refractivity contribution in [2.45, 2.75) is 52.4 Å². The van der Waals surface area contributed by atoms with E-state index >= 15 is 0 Å². The summed E-state index contributed by atoms with van der Waals surface area (Å²) in [6.45, 7) is 4.23. The lowest BCUT2D eigenvalue weighted by Gasteiger charge is -1.86. The Morgan fingerprint density at radius 3 is 1.50 bits per heavy atom. The largest absolute Gasteiger partial charge is 0.0917 e. The minimum atomic E-state index is 1.05. The molecule has 0 radical (unpaired) electrons. The van der Waals surface area contributed by atoms with Crippen LogP contribution in [0, 0.1) is 0 Å². The zero-order valence-corrected chi connectivity index (χ0v) is 12.0. The molecule has 0 aliphatic rings. The topological polar surface area (TPSA) is 0 Å². The Bertz CT molecular complexity index is 287. The van der Waals surface area contributed by atoms with E-state index in [1.54, 1.807) is 0 Å². The lowest BCUT2D eigenvalue weighted by Crippen LogP contribution is -1.65.